The highest BCUT2D eigenvalue weighted by molar-refractivity contribution is 6.31. The number of benzene rings is 2. The van der Waals surface area contributed by atoms with Crippen LogP contribution in [0.15, 0.2) is 42.5 Å². The molecule has 2 amide bonds. The second-order valence-electron chi connectivity index (χ2n) is 6.56. The molecule has 2 aromatic carbocycles. The number of methoxy groups -OCH3 is 1. The van der Waals surface area contributed by atoms with E-state index in [0.29, 0.717) is 17.1 Å². The number of likely N-dealkylation sites (N-methyl/N-ethyl adjacent to an activating group) is 1. The summed E-state index contributed by atoms with van der Waals surface area (Å²) >= 11 is 6.23. The quantitative estimate of drug-likeness (QED) is 0.440. The lowest BCUT2D eigenvalue weighted by molar-refractivity contribution is -0.385. The summed E-state index contributed by atoms with van der Waals surface area (Å²) in [4.78, 5) is 37.1. The second-order valence-corrected chi connectivity index (χ2v) is 6.97. The van der Waals surface area contributed by atoms with Crippen molar-refractivity contribution in [1.82, 2.24) is 10.2 Å². The Bertz CT molecular complexity index is 952. The fourth-order valence-corrected chi connectivity index (χ4v) is 3.04. The Balaban J connectivity index is 2.19. The fraction of sp³-hybridized carbons (Fsp3) is 0.333. The molecule has 2 aromatic rings. The Kier molecular flexibility index (Phi) is 8.63. The maximum atomic E-state index is 13.0. The third kappa shape index (κ3) is 6.32. The number of hydrogen-bond acceptors (Lipinski definition) is 6. The first-order chi connectivity index (χ1) is 14.8. The van der Waals surface area contributed by atoms with Crippen LogP contribution in [0, 0.1) is 10.1 Å². The van der Waals surface area contributed by atoms with E-state index in [1.165, 1.54) is 30.2 Å². The Morgan fingerprint density at radius 2 is 1.97 bits per heavy atom. The molecule has 0 radical (unpaired) electrons. The second kappa shape index (κ2) is 11.2. The number of nitro groups is 1. The molecule has 0 heterocycles. The van der Waals surface area contributed by atoms with Crippen molar-refractivity contribution >= 4 is 29.1 Å². The van der Waals surface area contributed by atoms with Gasteiger partial charge in [-0.05, 0) is 31.5 Å². The molecule has 0 saturated carbocycles. The van der Waals surface area contributed by atoms with Crippen LogP contribution in [0.4, 0.5) is 5.69 Å². The SMILES string of the molecule is CCNC(=O)[C@@H](C)N(Cc1ccccc1Cl)C(=O)COc1ccc([N+](=O)[O-])c(OC)c1. The summed E-state index contributed by atoms with van der Waals surface area (Å²) in [6.45, 7) is 3.57. The first-order valence-electron chi connectivity index (χ1n) is 9.54. The van der Waals surface area contributed by atoms with Crippen LogP contribution in [0.3, 0.4) is 0 Å². The topological polar surface area (TPSA) is 111 Å². The van der Waals surface area contributed by atoms with Gasteiger partial charge >= 0.3 is 5.69 Å². The maximum Gasteiger partial charge on any atom is 0.311 e. The van der Waals surface area contributed by atoms with Crippen molar-refractivity contribution in [3.8, 4) is 11.5 Å². The van der Waals surface area contributed by atoms with E-state index in [9.17, 15) is 19.7 Å². The van der Waals surface area contributed by atoms with Gasteiger partial charge in [0.1, 0.15) is 11.8 Å². The number of rotatable bonds is 10. The molecule has 31 heavy (non-hydrogen) atoms. The Morgan fingerprint density at radius 3 is 2.58 bits per heavy atom. The van der Waals surface area contributed by atoms with Crippen LogP contribution in [0.25, 0.3) is 0 Å². The average Bonchev–Trinajstić information content (AvgIpc) is 2.76. The highest BCUT2D eigenvalue weighted by Gasteiger charge is 2.27. The number of hydrogen-bond donors (Lipinski definition) is 1. The summed E-state index contributed by atoms with van der Waals surface area (Å²) in [5.41, 5.74) is 0.469. The van der Waals surface area contributed by atoms with Crippen LogP contribution in [0.5, 0.6) is 11.5 Å². The Hall–Kier alpha value is -3.33. The van der Waals surface area contributed by atoms with Gasteiger partial charge in [-0.25, -0.2) is 0 Å². The van der Waals surface area contributed by atoms with E-state index in [1.54, 1.807) is 38.1 Å². The number of amides is 2. The lowest BCUT2D eigenvalue weighted by Crippen LogP contribution is -2.49. The zero-order valence-electron chi connectivity index (χ0n) is 17.5. The van der Waals surface area contributed by atoms with Crippen molar-refractivity contribution in [2.45, 2.75) is 26.4 Å². The standard InChI is InChI=1S/C21H24ClN3O6/c1-4-23-21(27)14(2)24(12-15-7-5-6-8-17(15)22)20(26)13-31-16-9-10-18(25(28)29)19(11-16)30-3/h5-11,14H,4,12-13H2,1-3H3,(H,23,27)/t14-/m1/s1. The number of halogens is 1. The predicted octanol–water partition coefficient (Wildman–Crippen LogP) is 3.19. The molecule has 0 spiro atoms. The minimum absolute atomic E-state index is 0.0126. The summed E-state index contributed by atoms with van der Waals surface area (Å²) in [5, 5.41) is 14.2. The van der Waals surface area contributed by atoms with Gasteiger partial charge in [-0.3, -0.25) is 19.7 Å². The van der Waals surface area contributed by atoms with Gasteiger partial charge in [0.15, 0.2) is 6.61 Å². The number of nitrogens with one attached hydrogen (secondary N) is 1. The van der Waals surface area contributed by atoms with Crippen LogP contribution >= 0.6 is 11.6 Å². The van der Waals surface area contributed by atoms with Gasteiger partial charge < -0.3 is 19.7 Å². The van der Waals surface area contributed by atoms with Crippen LogP contribution in [0.2, 0.25) is 5.02 Å². The molecule has 0 fully saturated rings. The smallest absolute Gasteiger partial charge is 0.311 e. The normalized spacial score (nSPS) is 11.4. The molecule has 0 aliphatic heterocycles. The van der Waals surface area contributed by atoms with E-state index < -0.39 is 16.9 Å². The number of carbonyl (C=O) groups excluding carboxylic acids is 2. The molecule has 0 aromatic heterocycles. The van der Waals surface area contributed by atoms with Crippen molar-refractivity contribution < 1.29 is 24.0 Å². The van der Waals surface area contributed by atoms with Crippen LogP contribution in [-0.4, -0.2) is 47.9 Å². The van der Waals surface area contributed by atoms with Crippen molar-refractivity contribution in [1.29, 1.82) is 0 Å². The fourth-order valence-electron chi connectivity index (χ4n) is 2.84. The molecule has 10 heteroatoms. The molecule has 1 N–H and O–H groups in total. The molecule has 0 aliphatic rings. The van der Waals surface area contributed by atoms with E-state index in [1.807, 2.05) is 0 Å². The highest BCUT2D eigenvalue weighted by Crippen LogP contribution is 2.30. The number of carbonyl (C=O) groups is 2. The van der Waals surface area contributed by atoms with E-state index in [4.69, 9.17) is 21.1 Å². The molecule has 0 saturated heterocycles. The molecular weight excluding hydrogens is 426 g/mol. The van der Waals surface area contributed by atoms with Gasteiger partial charge in [0.2, 0.25) is 11.7 Å². The monoisotopic (exact) mass is 449 g/mol. The van der Waals surface area contributed by atoms with E-state index in [-0.39, 0.29) is 36.2 Å². The van der Waals surface area contributed by atoms with Gasteiger partial charge in [-0.15, -0.1) is 0 Å². The van der Waals surface area contributed by atoms with Gasteiger partial charge in [0.25, 0.3) is 5.91 Å². The van der Waals surface area contributed by atoms with Crippen molar-refractivity contribution in [2.75, 3.05) is 20.3 Å². The molecule has 0 unspecified atom stereocenters. The summed E-state index contributed by atoms with van der Waals surface area (Å²) in [7, 11) is 1.30. The van der Waals surface area contributed by atoms with Crippen molar-refractivity contribution in [3.05, 3.63) is 63.2 Å². The van der Waals surface area contributed by atoms with E-state index in [2.05, 4.69) is 5.32 Å². The molecule has 1 atom stereocenters. The first-order valence-corrected chi connectivity index (χ1v) is 9.92. The zero-order valence-corrected chi connectivity index (χ0v) is 18.2. The zero-order chi connectivity index (χ0) is 23.0. The number of nitro benzene ring substituents is 1. The molecule has 2 rings (SSSR count). The van der Waals surface area contributed by atoms with Gasteiger partial charge in [0, 0.05) is 30.2 Å². The van der Waals surface area contributed by atoms with Crippen molar-refractivity contribution in [3.63, 3.8) is 0 Å². The van der Waals surface area contributed by atoms with Gasteiger partial charge in [-0.1, -0.05) is 29.8 Å². The van der Waals surface area contributed by atoms with Crippen LogP contribution in [0.1, 0.15) is 19.4 Å². The van der Waals surface area contributed by atoms with Gasteiger partial charge in [-0.2, -0.15) is 0 Å². The third-order valence-corrected chi connectivity index (χ3v) is 4.90. The minimum Gasteiger partial charge on any atom is -0.490 e. The summed E-state index contributed by atoms with van der Waals surface area (Å²) in [6, 6.07) is 10.2. The lowest BCUT2D eigenvalue weighted by Gasteiger charge is -2.29. The van der Waals surface area contributed by atoms with E-state index in [0.717, 1.165) is 0 Å². The number of ether oxygens (including phenoxy) is 2. The summed E-state index contributed by atoms with van der Waals surface area (Å²) < 4.78 is 10.5. The summed E-state index contributed by atoms with van der Waals surface area (Å²) in [6.07, 6.45) is 0. The summed E-state index contributed by atoms with van der Waals surface area (Å²) in [5.74, 6) is -0.520. The van der Waals surface area contributed by atoms with E-state index >= 15 is 0 Å². The Morgan fingerprint density at radius 1 is 1.26 bits per heavy atom. The molecular formula is C21H24ClN3O6. The largest absolute Gasteiger partial charge is 0.490 e. The lowest BCUT2D eigenvalue weighted by atomic mass is 10.1. The third-order valence-electron chi connectivity index (χ3n) is 4.53. The van der Waals surface area contributed by atoms with Gasteiger partial charge in [0.05, 0.1) is 12.0 Å². The highest BCUT2D eigenvalue weighted by atomic mass is 35.5. The van der Waals surface area contributed by atoms with Crippen LogP contribution in [-0.2, 0) is 16.1 Å². The molecule has 166 valence electrons. The average molecular weight is 450 g/mol. The molecule has 9 nitrogen and oxygen atoms in total. The van der Waals surface area contributed by atoms with Crippen LogP contribution < -0.4 is 14.8 Å². The minimum atomic E-state index is -0.765. The molecule has 0 aliphatic carbocycles. The van der Waals surface area contributed by atoms with Crippen molar-refractivity contribution in [2.24, 2.45) is 0 Å². The molecule has 0 bridgehead atoms. The first kappa shape index (κ1) is 23.9. The Labute approximate surface area is 185 Å². The maximum absolute atomic E-state index is 13.0. The predicted molar refractivity (Wildman–Crippen MR) is 115 cm³/mol. The number of nitrogens with zero attached hydrogens (tertiary/aromatic N) is 2.